The predicted molar refractivity (Wildman–Crippen MR) is 211 cm³/mol. The highest BCUT2D eigenvalue weighted by Crippen LogP contribution is 2.47. The Labute approximate surface area is 308 Å². The highest BCUT2D eigenvalue weighted by molar-refractivity contribution is 6.01. The number of piperidine rings is 3. The fourth-order valence-electron chi connectivity index (χ4n) is 9.17. The summed E-state index contributed by atoms with van der Waals surface area (Å²) in [5, 5.41) is 9.47. The molecule has 8 rings (SSSR count). The maximum absolute atomic E-state index is 12.2. The van der Waals surface area contributed by atoms with E-state index in [2.05, 4.69) is 111 Å². The zero-order chi connectivity index (χ0) is 35.4. The number of amides is 2. The lowest BCUT2D eigenvalue weighted by Gasteiger charge is -2.39. The van der Waals surface area contributed by atoms with Gasteiger partial charge >= 0.3 is 0 Å². The quantitative estimate of drug-likeness (QED) is 0.109. The van der Waals surface area contributed by atoms with E-state index >= 15 is 0 Å². The Balaban J connectivity index is 0.818. The first-order chi connectivity index (χ1) is 25.4. The molecule has 8 nitrogen and oxygen atoms in total. The van der Waals surface area contributed by atoms with E-state index in [0.717, 1.165) is 74.8 Å². The number of nitrogens with one attached hydrogen (secondary N) is 3. The third kappa shape index (κ3) is 7.82. The van der Waals surface area contributed by atoms with Crippen LogP contribution in [0.5, 0.6) is 0 Å². The monoisotopic (exact) mass is 696 g/mol. The average molecular weight is 697 g/mol. The normalized spacial score (nSPS) is 23.2. The van der Waals surface area contributed by atoms with Gasteiger partial charge in [-0.15, -0.1) is 0 Å². The van der Waals surface area contributed by atoms with Crippen molar-refractivity contribution in [3.8, 4) is 0 Å². The molecule has 0 saturated carbocycles. The van der Waals surface area contributed by atoms with Gasteiger partial charge in [-0.3, -0.25) is 14.9 Å². The fraction of sp³-hybridized carbons (Fsp3) is 0.409. The number of nitrogen functional groups attached to an aromatic ring is 1. The third-order valence-electron chi connectivity index (χ3n) is 12.0. The molecular formula is C44H52N6O2. The summed E-state index contributed by atoms with van der Waals surface area (Å²) in [5.41, 5.74) is 16.0. The molecule has 3 saturated heterocycles. The number of fused-ring (bicyclic) bond motifs is 1. The van der Waals surface area contributed by atoms with E-state index in [9.17, 15) is 9.59 Å². The number of rotatable bonds is 9. The summed E-state index contributed by atoms with van der Waals surface area (Å²) in [5.74, 6) is 1.10. The summed E-state index contributed by atoms with van der Waals surface area (Å²) in [6, 6.07) is 35.3. The summed E-state index contributed by atoms with van der Waals surface area (Å²) >= 11 is 0. The lowest BCUT2D eigenvalue weighted by Crippen LogP contribution is -2.47. The van der Waals surface area contributed by atoms with Gasteiger partial charge in [0.25, 0.3) is 0 Å². The van der Waals surface area contributed by atoms with Crippen LogP contribution in [-0.2, 0) is 16.0 Å². The number of hydrogen-bond donors (Lipinski definition) is 4. The minimum atomic E-state index is -0.372. The second kappa shape index (κ2) is 15.4. The molecule has 52 heavy (non-hydrogen) atoms. The largest absolute Gasteiger partial charge is 0.399 e. The molecule has 3 atom stereocenters. The first kappa shape index (κ1) is 34.3. The molecule has 3 fully saturated rings. The molecule has 4 aliphatic rings. The van der Waals surface area contributed by atoms with Gasteiger partial charge in [-0.05, 0) is 121 Å². The van der Waals surface area contributed by atoms with E-state index in [1.165, 1.54) is 47.3 Å². The zero-order valence-electron chi connectivity index (χ0n) is 30.1. The van der Waals surface area contributed by atoms with Gasteiger partial charge in [-0.2, -0.15) is 0 Å². The molecular weight excluding hydrogens is 645 g/mol. The molecule has 0 radical (unpaired) electrons. The molecule has 270 valence electrons. The van der Waals surface area contributed by atoms with Gasteiger partial charge in [0.05, 0.1) is 0 Å². The van der Waals surface area contributed by atoms with Crippen molar-refractivity contribution in [1.29, 1.82) is 0 Å². The Morgan fingerprint density at radius 3 is 2.19 bits per heavy atom. The molecule has 4 aromatic carbocycles. The SMILES string of the molecule is Nc1ccc2c(c1)CCC(c1ccccc1)C2c1ccc(N2CCC(CN3CCC(Nc4cccc(NC5CCC(=O)NC5=O)c4)CC3)CC2)cc1. The van der Waals surface area contributed by atoms with Crippen LogP contribution in [0.2, 0.25) is 0 Å². The third-order valence-corrected chi connectivity index (χ3v) is 12.0. The molecule has 0 spiro atoms. The number of aryl methyl sites for hydroxylation is 1. The number of nitrogens with two attached hydrogens (primary N) is 1. The van der Waals surface area contributed by atoms with Gasteiger partial charge in [0.1, 0.15) is 6.04 Å². The van der Waals surface area contributed by atoms with E-state index < -0.39 is 0 Å². The predicted octanol–water partition coefficient (Wildman–Crippen LogP) is 7.14. The van der Waals surface area contributed by atoms with Crippen molar-refractivity contribution < 1.29 is 9.59 Å². The summed E-state index contributed by atoms with van der Waals surface area (Å²) in [6.07, 6.45) is 7.82. The molecule has 5 N–H and O–H groups in total. The molecule has 0 bridgehead atoms. The average Bonchev–Trinajstić information content (AvgIpc) is 3.17. The van der Waals surface area contributed by atoms with E-state index in [-0.39, 0.29) is 17.9 Å². The van der Waals surface area contributed by atoms with E-state index in [1.807, 2.05) is 12.1 Å². The van der Waals surface area contributed by atoms with Crippen LogP contribution in [0.1, 0.15) is 79.0 Å². The van der Waals surface area contributed by atoms with Gasteiger partial charge in [-0.1, -0.05) is 54.6 Å². The van der Waals surface area contributed by atoms with Gasteiger partial charge in [0.2, 0.25) is 11.8 Å². The Hall–Kier alpha value is -4.82. The van der Waals surface area contributed by atoms with Crippen LogP contribution >= 0.6 is 0 Å². The molecule has 2 amide bonds. The number of nitrogens with zero attached hydrogens (tertiary/aromatic N) is 2. The molecule has 3 unspecified atom stereocenters. The van der Waals surface area contributed by atoms with Crippen LogP contribution in [0, 0.1) is 5.92 Å². The smallest absolute Gasteiger partial charge is 0.249 e. The van der Waals surface area contributed by atoms with E-state index in [4.69, 9.17) is 5.73 Å². The maximum atomic E-state index is 12.2. The van der Waals surface area contributed by atoms with E-state index in [0.29, 0.717) is 30.7 Å². The second-order valence-corrected chi connectivity index (χ2v) is 15.5. The minimum absolute atomic E-state index is 0.192. The van der Waals surface area contributed by atoms with Gasteiger partial charge in [0, 0.05) is 73.9 Å². The number of anilines is 4. The molecule has 0 aromatic heterocycles. The first-order valence-corrected chi connectivity index (χ1v) is 19.4. The molecule has 3 heterocycles. The van der Waals surface area contributed by atoms with Crippen LogP contribution in [-0.4, -0.2) is 61.5 Å². The van der Waals surface area contributed by atoms with Gasteiger partial charge in [-0.25, -0.2) is 0 Å². The minimum Gasteiger partial charge on any atom is -0.399 e. The summed E-state index contributed by atoms with van der Waals surface area (Å²) < 4.78 is 0. The second-order valence-electron chi connectivity index (χ2n) is 15.5. The van der Waals surface area contributed by atoms with Crippen molar-refractivity contribution in [2.75, 3.05) is 54.0 Å². The number of likely N-dealkylation sites (tertiary alicyclic amines) is 1. The lowest BCUT2D eigenvalue weighted by molar-refractivity contribution is -0.133. The van der Waals surface area contributed by atoms with Gasteiger partial charge < -0.3 is 26.2 Å². The Kier molecular flexibility index (Phi) is 10.2. The standard InChI is InChI=1S/C44H52N6O2/c45-34-12-16-40-33(27-34)11-15-39(31-5-2-1-3-6-31)43(40)32-9-13-38(14-10-32)50-25-19-30(20-26-50)29-49-23-21-35(22-24-49)46-36-7-4-8-37(28-36)47-41-17-18-42(51)48-44(41)52/h1-10,12-14,16,27-28,30,35,39,41,43,46-47H,11,15,17-26,29,45H2,(H,48,51,52). The fourth-order valence-corrected chi connectivity index (χ4v) is 9.17. The van der Waals surface area contributed by atoms with Crippen LogP contribution < -0.4 is 26.6 Å². The van der Waals surface area contributed by atoms with Crippen LogP contribution in [0.4, 0.5) is 22.7 Å². The summed E-state index contributed by atoms with van der Waals surface area (Å²) in [6.45, 7) is 5.66. The topological polar surface area (TPSA) is 103 Å². The lowest BCUT2D eigenvalue weighted by atomic mass is 9.69. The molecule has 3 aliphatic heterocycles. The van der Waals surface area contributed by atoms with Crippen molar-refractivity contribution in [3.05, 3.63) is 119 Å². The molecule has 4 aromatic rings. The van der Waals surface area contributed by atoms with Crippen LogP contribution in [0.3, 0.4) is 0 Å². The maximum Gasteiger partial charge on any atom is 0.249 e. The van der Waals surface area contributed by atoms with Crippen molar-refractivity contribution in [3.63, 3.8) is 0 Å². The zero-order valence-corrected chi connectivity index (χ0v) is 30.1. The number of hydrogen-bond acceptors (Lipinski definition) is 7. The van der Waals surface area contributed by atoms with Crippen molar-refractivity contribution in [1.82, 2.24) is 10.2 Å². The summed E-state index contributed by atoms with van der Waals surface area (Å²) in [4.78, 5) is 29.0. The Bertz CT molecular complexity index is 1850. The van der Waals surface area contributed by atoms with E-state index in [1.54, 1.807) is 0 Å². The summed E-state index contributed by atoms with van der Waals surface area (Å²) in [7, 11) is 0. The Morgan fingerprint density at radius 1 is 0.692 bits per heavy atom. The number of carbonyl (C=O) groups excluding carboxylic acids is 2. The van der Waals surface area contributed by atoms with Crippen molar-refractivity contribution >= 4 is 34.6 Å². The van der Waals surface area contributed by atoms with Gasteiger partial charge in [0.15, 0.2) is 0 Å². The first-order valence-electron chi connectivity index (χ1n) is 19.4. The highest BCUT2D eigenvalue weighted by Gasteiger charge is 2.33. The van der Waals surface area contributed by atoms with Crippen LogP contribution in [0.15, 0.2) is 97.1 Å². The number of benzene rings is 4. The highest BCUT2D eigenvalue weighted by atomic mass is 16.2. The van der Waals surface area contributed by atoms with Crippen molar-refractivity contribution in [2.45, 2.75) is 75.3 Å². The van der Waals surface area contributed by atoms with Crippen molar-refractivity contribution in [2.24, 2.45) is 5.92 Å². The molecule has 1 aliphatic carbocycles. The molecule has 8 heteroatoms. The number of imide groups is 1. The number of carbonyl (C=O) groups is 2. The Morgan fingerprint density at radius 2 is 1.44 bits per heavy atom. The van der Waals surface area contributed by atoms with Crippen LogP contribution in [0.25, 0.3) is 0 Å².